The summed E-state index contributed by atoms with van der Waals surface area (Å²) in [6.07, 6.45) is 0.702. The maximum absolute atomic E-state index is 11.9. The Kier molecular flexibility index (Phi) is 10.4. The molecule has 0 radical (unpaired) electrons. The Morgan fingerprint density at radius 2 is 1.95 bits per heavy atom. The third-order valence-corrected chi connectivity index (χ3v) is 2.77. The topological polar surface area (TPSA) is 41.6 Å². The van der Waals surface area contributed by atoms with Gasteiger partial charge in [0.1, 0.15) is 5.60 Å². The summed E-state index contributed by atoms with van der Waals surface area (Å²) >= 11 is 0. The first-order chi connectivity index (χ1) is 8.83. The van der Waals surface area contributed by atoms with Crippen LogP contribution in [0, 0.1) is 0 Å². The molecule has 1 aliphatic rings. The summed E-state index contributed by atoms with van der Waals surface area (Å²) in [4.78, 5) is 13.7. The summed E-state index contributed by atoms with van der Waals surface area (Å²) in [5, 5.41) is 3.37. The number of nitrogens with zero attached hydrogens (tertiary/aromatic N) is 1. The molecule has 1 N–H and O–H groups in total. The van der Waals surface area contributed by atoms with Crippen molar-refractivity contribution in [3.63, 3.8) is 0 Å². The summed E-state index contributed by atoms with van der Waals surface area (Å²) in [5.74, 6) is 0. The number of nitrogens with one attached hydrogen (secondary N) is 1. The lowest BCUT2D eigenvalue weighted by molar-refractivity contribution is 0.0206. The fourth-order valence-electron chi connectivity index (χ4n) is 1.76. The standard InChI is InChI=1S/C13H24N2O2.C2H6.CH4/c1-6-10(2)11-9-15(8-7-14-11)12(16)17-13(3,4)5;1-2;/h11,14H,2,6-9H2,1,3-5H3;1-2H3;1H4. The molecule has 0 spiro atoms. The van der Waals surface area contributed by atoms with Crippen LogP contribution < -0.4 is 5.32 Å². The molecular formula is C16H34N2O2. The van der Waals surface area contributed by atoms with Gasteiger partial charge in [-0.3, -0.25) is 0 Å². The van der Waals surface area contributed by atoms with E-state index in [0.29, 0.717) is 13.1 Å². The molecule has 20 heavy (non-hydrogen) atoms. The van der Waals surface area contributed by atoms with Crippen molar-refractivity contribution >= 4 is 6.09 Å². The lowest BCUT2D eigenvalue weighted by Gasteiger charge is -2.35. The van der Waals surface area contributed by atoms with Gasteiger partial charge < -0.3 is 15.0 Å². The minimum Gasteiger partial charge on any atom is -0.444 e. The highest BCUT2D eigenvalue weighted by Crippen LogP contribution is 2.14. The van der Waals surface area contributed by atoms with Crippen molar-refractivity contribution in [3.8, 4) is 0 Å². The number of carbonyl (C=O) groups is 1. The van der Waals surface area contributed by atoms with Gasteiger partial charge in [-0.1, -0.05) is 40.3 Å². The molecule has 0 aromatic heterocycles. The summed E-state index contributed by atoms with van der Waals surface area (Å²) in [7, 11) is 0. The zero-order valence-corrected chi connectivity index (χ0v) is 13.4. The summed E-state index contributed by atoms with van der Waals surface area (Å²) in [5.41, 5.74) is 0.706. The Morgan fingerprint density at radius 3 is 2.40 bits per heavy atom. The Balaban J connectivity index is 0. The maximum atomic E-state index is 11.9. The molecular weight excluding hydrogens is 252 g/mol. The summed E-state index contributed by atoms with van der Waals surface area (Å²) in [6, 6.07) is 0.196. The predicted molar refractivity (Wildman–Crippen MR) is 87.1 cm³/mol. The molecule has 1 amide bonds. The lowest BCUT2D eigenvalue weighted by Crippen LogP contribution is -2.54. The average molecular weight is 286 g/mol. The van der Waals surface area contributed by atoms with Crippen LogP contribution in [0.2, 0.25) is 0 Å². The van der Waals surface area contributed by atoms with Crippen LogP contribution in [0.15, 0.2) is 12.2 Å². The molecule has 1 saturated heterocycles. The number of hydrogen-bond acceptors (Lipinski definition) is 3. The van der Waals surface area contributed by atoms with Crippen LogP contribution in [0.3, 0.4) is 0 Å². The van der Waals surface area contributed by atoms with Crippen LogP contribution in [0.25, 0.3) is 0 Å². The van der Waals surface area contributed by atoms with Gasteiger partial charge in [-0.25, -0.2) is 4.79 Å². The normalized spacial score (nSPS) is 18.3. The number of ether oxygens (including phenoxy) is 1. The molecule has 0 aromatic rings. The van der Waals surface area contributed by atoms with Gasteiger partial charge in [0, 0.05) is 25.7 Å². The second-order valence-corrected chi connectivity index (χ2v) is 5.44. The Hall–Kier alpha value is -1.03. The van der Waals surface area contributed by atoms with Crippen molar-refractivity contribution in [2.24, 2.45) is 0 Å². The molecule has 0 saturated carbocycles. The summed E-state index contributed by atoms with van der Waals surface area (Å²) < 4.78 is 5.37. The number of rotatable bonds is 2. The van der Waals surface area contributed by atoms with Gasteiger partial charge in [0.2, 0.25) is 0 Å². The predicted octanol–water partition coefficient (Wildman–Crippen LogP) is 3.82. The van der Waals surface area contributed by atoms with E-state index < -0.39 is 5.60 Å². The summed E-state index contributed by atoms with van der Waals surface area (Å²) in [6.45, 7) is 17.9. The van der Waals surface area contributed by atoms with E-state index in [9.17, 15) is 4.79 Å². The molecule has 1 rings (SSSR count). The zero-order chi connectivity index (χ0) is 15.1. The smallest absolute Gasteiger partial charge is 0.410 e. The van der Waals surface area contributed by atoms with Crippen molar-refractivity contribution in [1.29, 1.82) is 0 Å². The van der Waals surface area contributed by atoms with E-state index in [0.717, 1.165) is 18.5 Å². The van der Waals surface area contributed by atoms with Crippen molar-refractivity contribution in [1.82, 2.24) is 10.2 Å². The van der Waals surface area contributed by atoms with Crippen LogP contribution in [0.1, 0.15) is 55.4 Å². The van der Waals surface area contributed by atoms with Gasteiger partial charge in [-0.15, -0.1) is 0 Å². The lowest BCUT2D eigenvalue weighted by atomic mass is 10.0. The van der Waals surface area contributed by atoms with Gasteiger partial charge in [0.05, 0.1) is 0 Å². The van der Waals surface area contributed by atoms with Crippen LogP contribution in [0.5, 0.6) is 0 Å². The Bertz CT molecular complexity index is 295. The molecule has 0 aliphatic carbocycles. The van der Waals surface area contributed by atoms with E-state index in [1.807, 2.05) is 34.6 Å². The van der Waals surface area contributed by atoms with Gasteiger partial charge in [0.15, 0.2) is 0 Å². The largest absolute Gasteiger partial charge is 0.444 e. The second-order valence-electron chi connectivity index (χ2n) is 5.44. The van der Waals surface area contributed by atoms with Crippen molar-refractivity contribution < 1.29 is 9.53 Å². The van der Waals surface area contributed by atoms with E-state index >= 15 is 0 Å². The second kappa shape index (κ2) is 9.81. The van der Waals surface area contributed by atoms with Crippen LogP contribution in [-0.2, 0) is 4.74 Å². The van der Waals surface area contributed by atoms with E-state index in [1.54, 1.807) is 4.90 Å². The molecule has 1 unspecified atom stereocenters. The maximum Gasteiger partial charge on any atom is 0.410 e. The first-order valence-corrected chi connectivity index (χ1v) is 7.22. The van der Waals surface area contributed by atoms with Gasteiger partial charge in [0.25, 0.3) is 0 Å². The molecule has 1 fully saturated rings. The van der Waals surface area contributed by atoms with Crippen molar-refractivity contribution in [3.05, 3.63) is 12.2 Å². The number of amides is 1. The van der Waals surface area contributed by atoms with Gasteiger partial charge in [-0.05, 0) is 27.2 Å². The molecule has 4 nitrogen and oxygen atoms in total. The molecule has 4 heteroatoms. The third kappa shape index (κ3) is 7.53. The minimum absolute atomic E-state index is 0. The molecule has 0 aromatic carbocycles. The molecule has 0 bridgehead atoms. The van der Waals surface area contributed by atoms with Crippen molar-refractivity contribution in [2.45, 2.75) is 67.0 Å². The van der Waals surface area contributed by atoms with Crippen LogP contribution in [0.4, 0.5) is 4.79 Å². The zero-order valence-electron chi connectivity index (χ0n) is 13.4. The molecule has 120 valence electrons. The van der Waals surface area contributed by atoms with Gasteiger partial charge in [-0.2, -0.15) is 0 Å². The molecule has 1 atom stereocenters. The van der Waals surface area contributed by atoms with Crippen LogP contribution in [-0.4, -0.2) is 42.3 Å². The Labute approximate surface area is 125 Å². The van der Waals surface area contributed by atoms with Crippen LogP contribution >= 0.6 is 0 Å². The number of carbonyl (C=O) groups excluding carboxylic acids is 1. The number of hydrogen-bond donors (Lipinski definition) is 1. The minimum atomic E-state index is -0.431. The number of piperazine rings is 1. The fourth-order valence-corrected chi connectivity index (χ4v) is 1.76. The van der Waals surface area contributed by atoms with E-state index in [4.69, 9.17) is 4.74 Å². The highest BCUT2D eigenvalue weighted by Gasteiger charge is 2.27. The Morgan fingerprint density at radius 1 is 1.40 bits per heavy atom. The highest BCUT2D eigenvalue weighted by atomic mass is 16.6. The molecule has 1 heterocycles. The van der Waals surface area contributed by atoms with E-state index in [1.165, 1.54) is 0 Å². The third-order valence-electron chi connectivity index (χ3n) is 2.77. The quantitative estimate of drug-likeness (QED) is 0.785. The molecule has 1 aliphatic heterocycles. The fraction of sp³-hybridized carbons (Fsp3) is 0.812. The first kappa shape index (κ1) is 21.3. The van der Waals surface area contributed by atoms with E-state index in [2.05, 4.69) is 18.8 Å². The monoisotopic (exact) mass is 286 g/mol. The SMILES string of the molecule is C.C=C(CC)C1CN(C(=O)OC(C)(C)C)CCN1.CC. The first-order valence-electron chi connectivity index (χ1n) is 7.22. The average Bonchev–Trinajstić information content (AvgIpc) is 2.38. The van der Waals surface area contributed by atoms with Gasteiger partial charge >= 0.3 is 6.09 Å². The van der Waals surface area contributed by atoms with Crippen molar-refractivity contribution in [2.75, 3.05) is 19.6 Å². The van der Waals surface area contributed by atoms with E-state index in [-0.39, 0.29) is 19.6 Å². The highest BCUT2D eigenvalue weighted by molar-refractivity contribution is 5.68.